The van der Waals surface area contributed by atoms with Crippen molar-refractivity contribution < 1.29 is 4.79 Å². The number of rotatable bonds is 5. The van der Waals surface area contributed by atoms with Crippen LogP contribution in [0, 0.1) is 0 Å². The molecule has 7 heteroatoms. The molecule has 1 saturated heterocycles. The number of pyridine rings is 1. The van der Waals surface area contributed by atoms with Crippen molar-refractivity contribution in [2.45, 2.75) is 32.7 Å². The van der Waals surface area contributed by atoms with Crippen molar-refractivity contribution in [1.82, 2.24) is 24.8 Å². The van der Waals surface area contributed by atoms with Crippen LogP contribution in [0.2, 0.25) is 0 Å². The molecular formula is C30H36N6O. The molecule has 0 aliphatic carbocycles. The first-order chi connectivity index (χ1) is 17.7. The molecule has 1 aliphatic heterocycles. The van der Waals surface area contributed by atoms with E-state index in [0.29, 0.717) is 5.56 Å². The lowest BCUT2D eigenvalue weighted by Crippen LogP contribution is -2.46. The Labute approximate surface area is 219 Å². The Bertz CT molecular complexity index is 1390. The van der Waals surface area contributed by atoms with Crippen LogP contribution in [0.1, 0.15) is 42.3 Å². The van der Waals surface area contributed by atoms with Crippen molar-refractivity contribution in [3.8, 4) is 11.4 Å². The molecule has 1 fully saturated rings. The van der Waals surface area contributed by atoms with Gasteiger partial charge in [-0.1, -0.05) is 51.1 Å². The molecule has 37 heavy (non-hydrogen) atoms. The van der Waals surface area contributed by atoms with Gasteiger partial charge in [0.25, 0.3) is 5.91 Å². The van der Waals surface area contributed by atoms with Gasteiger partial charge >= 0.3 is 0 Å². The van der Waals surface area contributed by atoms with E-state index in [2.05, 4.69) is 83.0 Å². The number of amides is 1. The van der Waals surface area contributed by atoms with Gasteiger partial charge in [-0.05, 0) is 34.7 Å². The SMILES string of the molecule is CN(C)C(=O)c1cncc(CN2CCN(c3cccc4[nH]c(-c5ccc(C(C)(C)C)cc5)nc34)CC2)c1. The molecule has 0 atom stereocenters. The first-order valence-electron chi connectivity index (χ1n) is 12.9. The van der Waals surface area contributed by atoms with Crippen molar-refractivity contribution in [2.75, 3.05) is 45.2 Å². The van der Waals surface area contributed by atoms with Crippen LogP contribution in [0.3, 0.4) is 0 Å². The predicted octanol–water partition coefficient (Wildman–Crippen LogP) is 4.95. The number of para-hydroxylation sites is 1. The minimum atomic E-state index is -0.0178. The maximum atomic E-state index is 12.3. The predicted molar refractivity (Wildman–Crippen MR) is 150 cm³/mol. The largest absolute Gasteiger partial charge is 0.367 e. The molecule has 1 aliphatic rings. The first kappa shape index (κ1) is 25.0. The Kier molecular flexibility index (Phi) is 6.73. The number of hydrogen-bond acceptors (Lipinski definition) is 5. The second kappa shape index (κ2) is 9.98. The summed E-state index contributed by atoms with van der Waals surface area (Å²) in [4.78, 5) is 31.6. The zero-order valence-electron chi connectivity index (χ0n) is 22.5. The van der Waals surface area contributed by atoms with Crippen LogP contribution in [-0.2, 0) is 12.0 Å². The fourth-order valence-electron chi connectivity index (χ4n) is 4.89. The zero-order chi connectivity index (χ0) is 26.2. The first-order valence-corrected chi connectivity index (χ1v) is 12.9. The summed E-state index contributed by atoms with van der Waals surface area (Å²) in [6.07, 6.45) is 3.50. The van der Waals surface area contributed by atoms with Gasteiger partial charge in [0.2, 0.25) is 0 Å². The van der Waals surface area contributed by atoms with Crippen molar-refractivity contribution in [2.24, 2.45) is 0 Å². The van der Waals surface area contributed by atoms with Gasteiger partial charge in [0.05, 0.1) is 16.8 Å². The highest BCUT2D eigenvalue weighted by Crippen LogP contribution is 2.30. The summed E-state index contributed by atoms with van der Waals surface area (Å²) < 4.78 is 0. The summed E-state index contributed by atoms with van der Waals surface area (Å²) >= 11 is 0. The highest BCUT2D eigenvalue weighted by atomic mass is 16.2. The minimum absolute atomic E-state index is 0.0178. The second-order valence-corrected chi connectivity index (χ2v) is 11.1. The number of nitrogens with one attached hydrogen (secondary N) is 1. The lowest BCUT2D eigenvalue weighted by molar-refractivity contribution is 0.0827. The summed E-state index contributed by atoms with van der Waals surface area (Å²) in [5.74, 6) is 0.886. The van der Waals surface area contributed by atoms with E-state index >= 15 is 0 Å². The highest BCUT2D eigenvalue weighted by molar-refractivity contribution is 5.93. The number of imidazole rings is 1. The number of anilines is 1. The van der Waals surface area contributed by atoms with E-state index in [-0.39, 0.29) is 11.3 Å². The van der Waals surface area contributed by atoms with Gasteiger partial charge in [-0.2, -0.15) is 0 Å². The van der Waals surface area contributed by atoms with Crippen LogP contribution in [0.15, 0.2) is 60.9 Å². The van der Waals surface area contributed by atoms with Crippen LogP contribution >= 0.6 is 0 Å². The second-order valence-electron chi connectivity index (χ2n) is 11.1. The Morgan fingerprint density at radius 3 is 2.41 bits per heavy atom. The Morgan fingerprint density at radius 1 is 1.00 bits per heavy atom. The van der Waals surface area contributed by atoms with Gasteiger partial charge in [0.1, 0.15) is 11.3 Å². The van der Waals surface area contributed by atoms with Gasteiger partial charge in [0, 0.05) is 64.8 Å². The number of aromatic nitrogens is 3. The molecule has 0 bridgehead atoms. The topological polar surface area (TPSA) is 68.4 Å². The van der Waals surface area contributed by atoms with Gasteiger partial charge in [0.15, 0.2) is 0 Å². The van der Waals surface area contributed by atoms with Gasteiger partial charge in [-0.15, -0.1) is 0 Å². The molecule has 5 rings (SSSR count). The van der Waals surface area contributed by atoms with E-state index in [0.717, 1.165) is 60.7 Å². The maximum absolute atomic E-state index is 12.3. The zero-order valence-corrected chi connectivity index (χ0v) is 22.5. The van der Waals surface area contributed by atoms with Gasteiger partial charge in [-0.25, -0.2) is 4.98 Å². The maximum Gasteiger partial charge on any atom is 0.254 e. The van der Waals surface area contributed by atoms with Gasteiger partial charge < -0.3 is 14.8 Å². The van der Waals surface area contributed by atoms with Crippen molar-refractivity contribution >= 4 is 22.6 Å². The minimum Gasteiger partial charge on any atom is -0.367 e. The Morgan fingerprint density at radius 2 is 1.73 bits per heavy atom. The number of carbonyl (C=O) groups is 1. The molecule has 0 unspecified atom stereocenters. The fourth-order valence-corrected chi connectivity index (χ4v) is 4.89. The monoisotopic (exact) mass is 496 g/mol. The Balaban J connectivity index is 1.28. The number of nitrogens with zero attached hydrogens (tertiary/aromatic N) is 5. The lowest BCUT2D eigenvalue weighted by atomic mass is 9.87. The Hall–Kier alpha value is -3.71. The smallest absolute Gasteiger partial charge is 0.254 e. The molecule has 2 aromatic carbocycles. The normalized spacial score (nSPS) is 14.8. The molecule has 192 valence electrons. The van der Waals surface area contributed by atoms with Crippen LogP contribution in [0.5, 0.6) is 0 Å². The van der Waals surface area contributed by atoms with Crippen LogP contribution in [-0.4, -0.2) is 70.9 Å². The number of carbonyl (C=O) groups excluding carboxylic acids is 1. The summed E-state index contributed by atoms with van der Waals surface area (Å²) in [6.45, 7) is 11.2. The summed E-state index contributed by atoms with van der Waals surface area (Å²) in [6, 6.07) is 17.1. The van der Waals surface area contributed by atoms with E-state index < -0.39 is 0 Å². The number of piperazine rings is 1. The number of hydrogen-bond donors (Lipinski definition) is 1. The van der Waals surface area contributed by atoms with E-state index in [4.69, 9.17) is 4.98 Å². The molecule has 7 nitrogen and oxygen atoms in total. The summed E-state index contributed by atoms with van der Waals surface area (Å²) in [5.41, 5.74) is 7.50. The van der Waals surface area contributed by atoms with Gasteiger partial charge in [-0.3, -0.25) is 14.7 Å². The van der Waals surface area contributed by atoms with E-state index in [1.54, 1.807) is 25.2 Å². The average molecular weight is 497 g/mol. The van der Waals surface area contributed by atoms with Crippen LogP contribution in [0.25, 0.3) is 22.4 Å². The van der Waals surface area contributed by atoms with Crippen LogP contribution < -0.4 is 4.90 Å². The molecule has 3 heterocycles. The number of H-pyrrole nitrogens is 1. The third kappa shape index (κ3) is 5.37. The van der Waals surface area contributed by atoms with E-state index in [1.165, 1.54) is 11.3 Å². The van der Waals surface area contributed by atoms with Crippen molar-refractivity contribution in [3.63, 3.8) is 0 Å². The standard InChI is InChI=1S/C30H36N6O/c1-30(2,3)24-11-9-22(10-12-24)28-32-25-7-6-8-26(27(25)33-28)36-15-13-35(14-16-36)20-21-17-23(19-31-18-21)29(37)34(4)5/h6-12,17-19H,13-16,20H2,1-5H3,(H,32,33). The molecule has 1 amide bonds. The number of benzene rings is 2. The quantitative estimate of drug-likeness (QED) is 0.424. The lowest BCUT2D eigenvalue weighted by Gasteiger charge is -2.36. The molecule has 0 saturated carbocycles. The highest BCUT2D eigenvalue weighted by Gasteiger charge is 2.21. The summed E-state index contributed by atoms with van der Waals surface area (Å²) in [7, 11) is 3.53. The molecule has 0 spiro atoms. The molecule has 1 N–H and O–H groups in total. The van der Waals surface area contributed by atoms with Crippen LogP contribution in [0.4, 0.5) is 5.69 Å². The number of aromatic amines is 1. The number of fused-ring (bicyclic) bond motifs is 1. The fraction of sp³-hybridized carbons (Fsp3) is 0.367. The average Bonchev–Trinajstić information content (AvgIpc) is 3.33. The molecule has 2 aromatic heterocycles. The van der Waals surface area contributed by atoms with Crippen molar-refractivity contribution in [3.05, 3.63) is 77.6 Å². The molecule has 4 aromatic rings. The third-order valence-corrected chi connectivity index (χ3v) is 7.08. The van der Waals surface area contributed by atoms with Crippen molar-refractivity contribution in [1.29, 1.82) is 0 Å². The third-order valence-electron chi connectivity index (χ3n) is 7.08. The molecular weight excluding hydrogens is 460 g/mol. The summed E-state index contributed by atoms with van der Waals surface area (Å²) in [5, 5.41) is 0. The van der Waals surface area contributed by atoms with E-state index in [1.807, 2.05) is 12.3 Å². The van der Waals surface area contributed by atoms with E-state index in [9.17, 15) is 4.79 Å². The molecule has 0 radical (unpaired) electrons.